The highest BCUT2D eigenvalue weighted by Gasteiger charge is 2.15. The van der Waals surface area contributed by atoms with Crippen LogP contribution >= 0.6 is 0 Å². The quantitative estimate of drug-likeness (QED) is 0.620. The molecule has 1 N–H and O–H groups in total. The molecule has 4 aromatic rings. The van der Waals surface area contributed by atoms with E-state index in [4.69, 9.17) is 4.74 Å². The van der Waals surface area contributed by atoms with E-state index in [1.165, 1.54) is 0 Å². The van der Waals surface area contributed by atoms with Gasteiger partial charge in [0.2, 0.25) is 0 Å². The molecule has 0 unspecified atom stereocenters. The molecule has 0 aliphatic rings. The molecular weight excluding hydrogens is 318 g/mol. The van der Waals surface area contributed by atoms with Crippen molar-refractivity contribution < 1.29 is 9.53 Å². The molecule has 4 rings (SSSR count). The lowest BCUT2D eigenvalue weighted by atomic mass is 10.1. The van der Waals surface area contributed by atoms with Gasteiger partial charge in [0.15, 0.2) is 11.5 Å². The molecule has 0 atom stereocenters. The summed E-state index contributed by atoms with van der Waals surface area (Å²) >= 11 is 0. The molecule has 1 amide bonds. The van der Waals surface area contributed by atoms with Crippen molar-refractivity contribution in [3.05, 3.63) is 60.2 Å². The standard InChI is InChI=1S/C18H17N5O2/c1-22-11-14(13-9-12(25-2)6-7-15(13)22)18(24)19-10-17-21-20-16-5-3-4-8-23(16)17/h3-9,11H,10H2,1-2H3,(H,19,24). The topological polar surface area (TPSA) is 73.4 Å². The van der Waals surface area contributed by atoms with Crippen molar-refractivity contribution in [2.45, 2.75) is 6.54 Å². The number of carbonyl (C=O) groups is 1. The van der Waals surface area contributed by atoms with Gasteiger partial charge in [0.05, 0.1) is 19.2 Å². The lowest BCUT2D eigenvalue weighted by Crippen LogP contribution is -2.23. The summed E-state index contributed by atoms with van der Waals surface area (Å²) in [6.45, 7) is 0.296. The molecule has 25 heavy (non-hydrogen) atoms. The summed E-state index contributed by atoms with van der Waals surface area (Å²) in [5, 5.41) is 12.0. The molecule has 3 heterocycles. The van der Waals surface area contributed by atoms with Crippen LogP contribution in [-0.2, 0) is 13.6 Å². The maximum atomic E-state index is 12.7. The normalized spacial score (nSPS) is 11.1. The van der Waals surface area contributed by atoms with Gasteiger partial charge in [-0.15, -0.1) is 10.2 Å². The van der Waals surface area contributed by atoms with E-state index in [9.17, 15) is 4.79 Å². The highest BCUT2D eigenvalue weighted by Crippen LogP contribution is 2.25. The molecular formula is C18H17N5O2. The Morgan fingerprint density at radius 3 is 2.96 bits per heavy atom. The second kappa shape index (κ2) is 5.94. The van der Waals surface area contributed by atoms with Crippen LogP contribution in [0.3, 0.4) is 0 Å². The first-order chi connectivity index (χ1) is 12.2. The van der Waals surface area contributed by atoms with Crippen molar-refractivity contribution >= 4 is 22.5 Å². The lowest BCUT2D eigenvalue weighted by Gasteiger charge is -2.04. The van der Waals surface area contributed by atoms with Crippen LogP contribution in [0.5, 0.6) is 5.75 Å². The van der Waals surface area contributed by atoms with Crippen molar-refractivity contribution in [2.75, 3.05) is 7.11 Å². The van der Waals surface area contributed by atoms with Gasteiger partial charge in [-0.2, -0.15) is 0 Å². The smallest absolute Gasteiger partial charge is 0.253 e. The Labute approximate surface area is 143 Å². The fraction of sp³-hybridized carbons (Fsp3) is 0.167. The molecule has 7 heteroatoms. The second-order valence-electron chi connectivity index (χ2n) is 5.76. The Balaban J connectivity index is 1.62. The Hall–Kier alpha value is -3.35. The summed E-state index contributed by atoms with van der Waals surface area (Å²) in [4.78, 5) is 12.7. The van der Waals surface area contributed by atoms with E-state index >= 15 is 0 Å². The molecule has 0 aliphatic carbocycles. The number of nitrogens with zero attached hydrogens (tertiary/aromatic N) is 4. The number of pyridine rings is 1. The van der Waals surface area contributed by atoms with Gasteiger partial charge in [-0.25, -0.2) is 0 Å². The lowest BCUT2D eigenvalue weighted by molar-refractivity contribution is 0.0951. The Morgan fingerprint density at radius 2 is 2.12 bits per heavy atom. The van der Waals surface area contributed by atoms with Gasteiger partial charge in [-0.1, -0.05) is 6.07 Å². The van der Waals surface area contributed by atoms with E-state index in [0.717, 1.165) is 22.3 Å². The number of benzene rings is 1. The highest BCUT2D eigenvalue weighted by molar-refractivity contribution is 6.07. The van der Waals surface area contributed by atoms with Gasteiger partial charge in [0.1, 0.15) is 5.75 Å². The SMILES string of the molecule is COc1ccc2c(c1)c(C(=O)NCc1nnc3ccccn13)cn2C. The number of rotatable bonds is 4. The number of aromatic nitrogens is 4. The molecule has 0 aliphatic heterocycles. The molecule has 0 saturated carbocycles. The van der Waals surface area contributed by atoms with Crippen LogP contribution in [0.25, 0.3) is 16.6 Å². The number of hydrogen-bond donors (Lipinski definition) is 1. The van der Waals surface area contributed by atoms with E-state index in [1.807, 2.05) is 64.8 Å². The van der Waals surface area contributed by atoms with E-state index < -0.39 is 0 Å². The van der Waals surface area contributed by atoms with Gasteiger partial charge < -0.3 is 14.6 Å². The first kappa shape index (κ1) is 15.2. The number of hydrogen-bond acceptors (Lipinski definition) is 4. The summed E-state index contributed by atoms with van der Waals surface area (Å²) in [5.41, 5.74) is 2.32. The van der Waals surface area contributed by atoms with Crippen LogP contribution in [-0.4, -0.2) is 32.2 Å². The van der Waals surface area contributed by atoms with E-state index in [1.54, 1.807) is 7.11 Å². The van der Waals surface area contributed by atoms with Crippen molar-refractivity contribution in [3.8, 4) is 5.75 Å². The minimum atomic E-state index is -0.161. The molecule has 3 aromatic heterocycles. The summed E-state index contributed by atoms with van der Waals surface area (Å²) in [6, 6.07) is 11.4. The van der Waals surface area contributed by atoms with Gasteiger partial charge in [-0.3, -0.25) is 9.20 Å². The van der Waals surface area contributed by atoms with Gasteiger partial charge in [0.25, 0.3) is 5.91 Å². The van der Waals surface area contributed by atoms with Crippen LogP contribution in [0.1, 0.15) is 16.2 Å². The van der Waals surface area contributed by atoms with Crippen LogP contribution in [0.15, 0.2) is 48.8 Å². The average molecular weight is 335 g/mol. The molecule has 126 valence electrons. The number of fused-ring (bicyclic) bond motifs is 2. The second-order valence-corrected chi connectivity index (χ2v) is 5.76. The van der Waals surface area contributed by atoms with Crippen LogP contribution in [0.4, 0.5) is 0 Å². The number of nitrogens with one attached hydrogen (secondary N) is 1. The molecule has 7 nitrogen and oxygen atoms in total. The number of ether oxygens (including phenoxy) is 1. The van der Waals surface area contributed by atoms with Gasteiger partial charge in [0, 0.05) is 30.3 Å². The van der Waals surface area contributed by atoms with E-state index in [2.05, 4.69) is 15.5 Å². The third kappa shape index (κ3) is 2.59. The number of carbonyl (C=O) groups excluding carboxylic acids is 1. The maximum absolute atomic E-state index is 12.7. The Bertz CT molecular complexity index is 1080. The number of amides is 1. The molecule has 0 fully saturated rings. The zero-order chi connectivity index (χ0) is 17.4. The van der Waals surface area contributed by atoms with Crippen molar-refractivity contribution in [2.24, 2.45) is 7.05 Å². The van der Waals surface area contributed by atoms with E-state index in [0.29, 0.717) is 17.9 Å². The van der Waals surface area contributed by atoms with Gasteiger partial charge >= 0.3 is 0 Å². The molecule has 0 bridgehead atoms. The molecule has 0 radical (unpaired) electrons. The summed E-state index contributed by atoms with van der Waals surface area (Å²) in [5.74, 6) is 1.24. The average Bonchev–Trinajstić information content (AvgIpc) is 3.20. The van der Waals surface area contributed by atoms with Crippen LogP contribution < -0.4 is 10.1 Å². The molecule has 0 saturated heterocycles. The Kier molecular flexibility index (Phi) is 3.61. The zero-order valence-electron chi connectivity index (χ0n) is 13.9. The van der Waals surface area contributed by atoms with Crippen LogP contribution in [0.2, 0.25) is 0 Å². The maximum Gasteiger partial charge on any atom is 0.253 e. The van der Waals surface area contributed by atoms with Gasteiger partial charge in [-0.05, 0) is 30.3 Å². The van der Waals surface area contributed by atoms with Crippen molar-refractivity contribution in [3.63, 3.8) is 0 Å². The van der Waals surface area contributed by atoms with Crippen molar-refractivity contribution in [1.29, 1.82) is 0 Å². The van der Waals surface area contributed by atoms with Crippen molar-refractivity contribution in [1.82, 2.24) is 24.5 Å². The minimum absolute atomic E-state index is 0.161. The van der Waals surface area contributed by atoms with E-state index in [-0.39, 0.29) is 5.91 Å². The Morgan fingerprint density at radius 1 is 1.24 bits per heavy atom. The monoisotopic (exact) mass is 335 g/mol. The minimum Gasteiger partial charge on any atom is -0.497 e. The van der Waals surface area contributed by atoms with Crippen LogP contribution in [0, 0.1) is 0 Å². The number of methoxy groups -OCH3 is 1. The predicted molar refractivity (Wildman–Crippen MR) is 93.6 cm³/mol. The summed E-state index contributed by atoms with van der Waals surface area (Å²) < 4.78 is 9.05. The fourth-order valence-corrected chi connectivity index (χ4v) is 2.95. The number of aryl methyl sites for hydroxylation is 1. The largest absolute Gasteiger partial charge is 0.497 e. The third-order valence-electron chi connectivity index (χ3n) is 4.23. The third-order valence-corrected chi connectivity index (χ3v) is 4.23. The summed E-state index contributed by atoms with van der Waals surface area (Å²) in [6.07, 6.45) is 3.70. The zero-order valence-corrected chi connectivity index (χ0v) is 13.9. The predicted octanol–water partition coefficient (Wildman–Crippen LogP) is 2.16. The molecule has 1 aromatic carbocycles. The first-order valence-electron chi connectivity index (χ1n) is 7.87. The molecule has 0 spiro atoms. The first-order valence-corrected chi connectivity index (χ1v) is 7.87. The summed E-state index contributed by atoms with van der Waals surface area (Å²) in [7, 11) is 3.53. The fourth-order valence-electron chi connectivity index (χ4n) is 2.95. The highest BCUT2D eigenvalue weighted by atomic mass is 16.5.